The molecule has 1 N–H and O–H groups in total. The highest BCUT2D eigenvalue weighted by molar-refractivity contribution is 6.45. The van der Waals surface area contributed by atoms with Crippen molar-refractivity contribution in [1.29, 1.82) is 0 Å². The maximum absolute atomic E-state index is 14.2. The van der Waals surface area contributed by atoms with Crippen molar-refractivity contribution >= 4 is 23.1 Å². The molecule has 0 radical (unpaired) electrons. The van der Waals surface area contributed by atoms with E-state index in [1.165, 1.54) is 43.2 Å². The molecule has 11 heteroatoms. The summed E-state index contributed by atoms with van der Waals surface area (Å²) in [4.78, 5) is 45.0. The van der Waals surface area contributed by atoms with Crippen LogP contribution in [0.25, 0.3) is 11.3 Å². The Morgan fingerprint density at radius 1 is 0.949 bits per heavy atom. The lowest BCUT2D eigenvalue weighted by Gasteiger charge is -2.29. The van der Waals surface area contributed by atoms with Gasteiger partial charge in [0.1, 0.15) is 23.0 Å². The molecule has 0 unspecified atom stereocenters. The van der Waals surface area contributed by atoms with E-state index in [9.17, 15) is 18.8 Å². The molecule has 0 atom stereocenters. The van der Waals surface area contributed by atoms with E-state index < -0.39 is 23.2 Å². The molecule has 2 aliphatic rings. The number of morpholine rings is 1. The third-order valence-corrected chi connectivity index (χ3v) is 6.85. The summed E-state index contributed by atoms with van der Waals surface area (Å²) in [5, 5.41) is 3.09. The number of benzene rings is 2. The van der Waals surface area contributed by atoms with Crippen molar-refractivity contribution in [3.05, 3.63) is 75.6 Å². The monoisotopic (exact) mass is 536 g/mol. The second kappa shape index (κ2) is 10.4. The van der Waals surface area contributed by atoms with E-state index >= 15 is 0 Å². The number of imide groups is 1. The number of hydrogen-bond acceptors (Lipinski definition) is 7. The molecule has 1 aromatic heterocycles. The van der Waals surface area contributed by atoms with Gasteiger partial charge in [0.05, 0.1) is 49.9 Å². The third kappa shape index (κ3) is 4.48. The number of carbonyl (C=O) groups is 2. The van der Waals surface area contributed by atoms with E-state index in [-0.39, 0.29) is 34.2 Å². The average Bonchev–Trinajstić information content (AvgIpc) is 3.41. The van der Waals surface area contributed by atoms with Gasteiger partial charge in [-0.25, -0.2) is 14.0 Å². The van der Waals surface area contributed by atoms with Crippen molar-refractivity contribution < 1.29 is 28.2 Å². The molecule has 5 rings (SSSR count). The first-order valence-electron chi connectivity index (χ1n) is 12.6. The molecular weight excluding hydrogens is 507 g/mol. The van der Waals surface area contributed by atoms with Crippen molar-refractivity contribution in [3.8, 4) is 17.2 Å². The minimum absolute atomic E-state index is 0.00517. The molecule has 0 aliphatic carbocycles. The number of H-pyrrole nitrogens is 1. The molecule has 204 valence electrons. The largest absolute Gasteiger partial charge is 0.497 e. The lowest BCUT2D eigenvalue weighted by Crippen LogP contribution is -2.40. The van der Waals surface area contributed by atoms with E-state index in [0.29, 0.717) is 43.4 Å². The molecular formula is C28H29FN4O6. The van der Waals surface area contributed by atoms with E-state index in [4.69, 9.17) is 14.2 Å². The smallest absolute Gasteiger partial charge is 0.282 e. The molecule has 0 spiro atoms. The molecule has 39 heavy (non-hydrogen) atoms. The summed E-state index contributed by atoms with van der Waals surface area (Å²) in [5.41, 5.74) is 0.828. The van der Waals surface area contributed by atoms with Crippen LogP contribution in [0.5, 0.6) is 11.5 Å². The number of carbonyl (C=O) groups excluding carboxylic acids is 2. The van der Waals surface area contributed by atoms with Crippen molar-refractivity contribution in [2.24, 2.45) is 0 Å². The Morgan fingerprint density at radius 3 is 2.26 bits per heavy atom. The zero-order chi connectivity index (χ0) is 27.8. The fraction of sp³-hybridized carbons (Fsp3) is 0.321. The zero-order valence-corrected chi connectivity index (χ0v) is 22.1. The molecule has 2 aromatic carbocycles. The fourth-order valence-corrected chi connectivity index (χ4v) is 4.90. The minimum atomic E-state index is -0.644. The van der Waals surface area contributed by atoms with Crippen molar-refractivity contribution in [3.63, 3.8) is 0 Å². The number of aromatic amines is 1. The van der Waals surface area contributed by atoms with Gasteiger partial charge in [-0.2, -0.15) is 0 Å². The van der Waals surface area contributed by atoms with Crippen molar-refractivity contribution in [2.45, 2.75) is 19.8 Å². The van der Waals surface area contributed by atoms with Gasteiger partial charge >= 0.3 is 0 Å². The third-order valence-electron chi connectivity index (χ3n) is 6.85. The highest BCUT2D eigenvalue weighted by Gasteiger charge is 2.46. The Morgan fingerprint density at radius 2 is 1.64 bits per heavy atom. The van der Waals surface area contributed by atoms with Gasteiger partial charge in [0.15, 0.2) is 0 Å². The second-order valence-corrected chi connectivity index (χ2v) is 9.48. The Balaban J connectivity index is 1.73. The number of ether oxygens (including phenoxy) is 3. The highest BCUT2D eigenvalue weighted by Crippen LogP contribution is 2.41. The second-order valence-electron chi connectivity index (χ2n) is 9.48. The molecule has 0 saturated carbocycles. The van der Waals surface area contributed by atoms with Gasteiger partial charge in [-0.3, -0.25) is 19.5 Å². The minimum Gasteiger partial charge on any atom is -0.497 e. The first-order chi connectivity index (χ1) is 18.8. The zero-order valence-electron chi connectivity index (χ0n) is 22.1. The van der Waals surface area contributed by atoms with E-state index in [1.807, 2.05) is 13.8 Å². The lowest BCUT2D eigenvalue weighted by atomic mass is 9.98. The number of hydrogen-bond donors (Lipinski definition) is 1. The Kier molecular flexibility index (Phi) is 7.00. The first kappa shape index (κ1) is 26.2. The Bertz CT molecular complexity index is 1520. The summed E-state index contributed by atoms with van der Waals surface area (Å²) in [7, 11) is 2.94. The summed E-state index contributed by atoms with van der Waals surface area (Å²) in [5.74, 6) is -1.11. The van der Waals surface area contributed by atoms with Crippen LogP contribution in [-0.2, 0) is 14.3 Å². The van der Waals surface area contributed by atoms with E-state index in [1.54, 1.807) is 23.1 Å². The average molecular weight is 537 g/mol. The summed E-state index contributed by atoms with van der Waals surface area (Å²) in [6.45, 7) is 5.24. The van der Waals surface area contributed by atoms with Crippen LogP contribution in [0.4, 0.5) is 10.1 Å². The summed E-state index contributed by atoms with van der Waals surface area (Å²) < 4.78 is 31.1. The van der Waals surface area contributed by atoms with Crippen LogP contribution in [0.1, 0.15) is 31.0 Å². The molecule has 2 aliphatic heterocycles. The number of nitrogens with zero attached hydrogens (tertiary/aromatic N) is 3. The molecule has 3 heterocycles. The number of halogens is 1. The lowest BCUT2D eigenvalue weighted by molar-refractivity contribution is -0.121. The van der Waals surface area contributed by atoms with Crippen LogP contribution in [0.3, 0.4) is 0 Å². The van der Waals surface area contributed by atoms with Gasteiger partial charge in [-0.05, 0) is 42.3 Å². The maximum Gasteiger partial charge on any atom is 0.282 e. The van der Waals surface area contributed by atoms with Crippen molar-refractivity contribution in [1.82, 2.24) is 14.7 Å². The molecule has 1 fully saturated rings. The van der Waals surface area contributed by atoms with Gasteiger partial charge < -0.3 is 19.1 Å². The number of nitrogens with one attached hydrogen (secondary N) is 1. The predicted molar refractivity (Wildman–Crippen MR) is 142 cm³/mol. The number of aromatic nitrogens is 2. The first-order valence-corrected chi connectivity index (χ1v) is 12.6. The van der Waals surface area contributed by atoms with Crippen LogP contribution in [0.2, 0.25) is 0 Å². The topological polar surface area (TPSA) is 106 Å². The summed E-state index contributed by atoms with van der Waals surface area (Å²) in [6, 6.07) is 10.2. The van der Waals surface area contributed by atoms with Gasteiger partial charge in [-0.15, -0.1) is 0 Å². The number of anilines is 1. The Labute approximate surface area is 224 Å². The molecule has 10 nitrogen and oxygen atoms in total. The fourth-order valence-electron chi connectivity index (χ4n) is 4.90. The van der Waals surface area contributed by atoms with Gasteiger partial charge in [0.2, 0.25) is 0 Å². The van der Waals surface area contributed by atoms with Crippen LogP contribution < -0.4 is 19.9 Å². The molecule has 3 aromatic rings. The van der Waals surface area contributed by atoms with Crippen LogP contribution in [0, 0.1) is 5.82 Å². The maximum atomic E-state index is 14.2. The van der Waals surface area contributed by atoms with E-state index in [2.05, 4.69) is 5.10 Å². The van der Waals surface area contributed by atoms with Crippen LogP contribution in [0.15, 0.2) is 53.0 Å². The van der Waals surface area contributed by atoms with Crippen LogP contribution >= 0.6 is 0 Å². The molecule has 1 saturated heterocycles. The normalized spacial score (nSPS) is 16.1. The SMILES string of the molecule is COc1ccc(N2C(=O)C(c3c(C(C)C)[nH]n(-c4ccc(F)cc4)c3=O)=C(N3CCOCC3)C2=O)c(OC)c1. The summed E-state index contributed by atoms with van der Waals surface area (Å²) >= 11 is 0. The number of amides is 2. The standard InChI is InChI=1S/C28H29FN4O6/c1-16(2)24-22(27(35)33(30-24)18-7-5-17(29)6-8-18)23-25(31-11-13-39-14-12-31)28(36)32(26(23)34)20-10-9-19(37-3)15-21(20)38-4/h5-10,15-16,30H,11-14H2,1-4H3. The van der Waals surface area contributed by atoms with Crippen molar-refractivity contribution in [2.75, 3.05) is 45.4 Å². The van der Waals surface area contributed by atoms with E-state index in [0.717, 1.165) is 4.90 Å². The summed E-state index contributed by atoms with van der Waals surface area (Å²) in [6.07, 6.45) is 0. The highest BCUT2D eigenvalue weighted by atomic mass is 19.1. The predicted octanol–water partition coefficient (Wildman–Crippen LogP) is 3.06. The molecule has 2 amide bonds. The quantitative estimate of drug-likeness (QED) is 0.463. The van der Waals surface area contributed by atoms with Gasteiger partial charge in [0.25, 0.3) is 17.4 Å². The van der Waals surface area contributed by atoms with Gasteiger partial charge in [0, 0.05) is 24.8 Å². The number of methoxy groups -OCH3 is 2. The number of rotatable bonds is 7. The molecule has 0 bridgehead atoms. The van der Waals surface area contributed by atoms with Gasteiger partial charge in [-0.1, -0.05) is 13.8 Å². The van der Waals surface area contributed by atoms with Crippen LogP contribution in [-0.4, -0.2) is 67.0 Å². The Hall–Kier alpha value is -4.38.